The Hall–Kier alpha value is -0.820. The minimum Gasteiger partial charge on any atom is -0.365 e. The molecule has 0 amide bonds. The molecule has 0 saturated heterocycles. The minimum atomic E-state index is -3.19. The second-order valence-electron chi connectivity index (χ2n) is 5.64. The van der Waals surface area contributed by atoms with Crippen LogP contribution in [0.3, 0.4) is 0 Å². The van der Waals surface area contributed by atoms with E-state index in [1.54, 1.807) is 0 Å². The summed E-state index contributed by atoms with van der Waals surface area (Å²) in [7, 11) is -3.19. The van der Waals surface area contributed by atoms with Crippen molar-refractivity contribution in [3.63, 3.8) is 0 Å². The summed E-state index contributed by atoms with van der Waals surface area (Å²) in [5.74, 6) is -0.628. The highest BCUT2D eigenvalue weighted by atomic mass is 35.5. The molecule has 0 aliphatic carbocycles. The number of hydrogen-bond acceptors (Lipinski definition) is 5. The van der Waals surface area contributed by atoms with Gasteiger partial charge in [-0.15, -0.1) is 0 Å². The highest BCUT2D eigenvalue weighted by Gasteiger charge is 2.30. The molecule has 1 unspecified atom stereocenters. The van der Waals surface area contributed by atoms with E-state index in [4.69, 9.17) is 11.6 Å². The van der Waals surface area contributed by atoms with Gasteiger partial charge in [0.2, 0.25) is 0 Å². The molecular weight excluding hydrogens is 293 g/mol. The molecule has 0 fully saturated rings. The van der Waals surface area contributed by atoms with Crippen molar-refractivity contribution in [3.05, 3.63) is 11.6 Å². The predicted molar refractivity (Wildman–Crippen MR) is 75.5 cm³/mol. The van der Waals surface area contributed by atoms with E-state index in [0.29, 0.717) is 0 Å². The third-order valence-corrected chi connectivity index (χ3v) is 3.82. The number of nitrogens with zero attached hydrogens (tertiary/aromatic N) is 1. The topological polar surface area (TPSA) is 70.6 Å². The van der Waals surface area contributed by atoms with Gasteiger partial charge in [0, 0.05) is 12.3 Å². The maximum atomic E-state index is 13.6. The highest BCUT2D eigenvalue weighted by Crippen LogP contribution is 2.22. The van der Waals surface area contributed by atoms with Crippen molar-refractivity contribution in [2.24, 2.45) is 10.4 Å². The first-order valence-corrected chi connectivity index (χ1v) is 8.26. The third-order valence-electron chi connectivity index (χ3n) is 2.65. The first-order valence-electron chi connectivity index (χ1n) is 5.77. The van der Waals surface area contributed by atoms with Crippen LogP contribution < -0.4 is 10.6 Å². The summed E-state index contributed by atoms with van der Waals surface area (Å²) in [6, 6.07) is -0.453. The van der Waals surface area contributed by atoms with Crippen molar-refractivity contribution < 1.29 is 12.8 Å². The number of hydrogen-bond donors (Lipinski definition) is 2. The largest absolute Gasteiger partial charge is 0.365 e. The Labute approximate surface area is 118 Å². The average molecular weight is 312 g/mol. The Morgan fingerprint density at radius 2 is 2.16 bits per heavy atom. The van der Waals surface area contributed by atoms with Crippen LogP contribution in [-0.2, 0) is 9.84 Å². The number of alkyl halides is 1. The van der Waals surface area contributed by atoms with E-state index < -0.39 is 27.3 Å². The Kier molecular flexibility index (Phi) is 4.84. The minimum absolute atomic E-state index is 0.0681. The summed E-state index contributed by atoms with van der Waals surface area (Å²) in [6.07, 6.45) is 2.16. The van der Waals surface area contributed by atoms with E-state index in [1.165, 1.54) is 0 Å². The van der Waals surface area contributed by atoms with E-state index >= 15 is 0 Å². The van der Waals surface area contributed by atoms with Crippen LogP contribution in [0.5, 0.6) is 0 Å². The lowest BCUT2D eigenvalue weighted by Crippen LogP contribution is -2.49. The zero-order chi connectivity index (χ0) is 14.8. The second-order valence-corrected chi connectivity index (χ2v) is 8.23. The lowest BCUT2D eigenvalue weighted by Gasteiger charge is -2.33. The monoisotopic (exact) mass is 311 g/mol. The maximum absolute atomic E-state index is 13.6. The molecule has 5 nitrogen and oxygen atoms in total. The van der Waals surface area contributed by atoms with Crippen molar-refractivity contribution in [2.45, 2.75) is 32.4 Å². The molecule has 0 aromatic rings. The molecule has 2 atom stereocenters. The first-order chi connectivity index (χ1) is 8.49. The Bertz CT molecular complexity index is 497. The molecule has 1 aliphatic rings. The number of rotatable bonds is 4. The van der Waals surface area contributed by atoms with Gasteiger partial charge in [0.15, 0.2) is 11.5 Å². The second kappa shape index (κ2) is 5.66. The number of halogens is 2. The van der Waals surface area contributed by atoms with Gasteiger partial charge in [-0.05, 0) is 5.41 Å². The lowest BCUT2D eigenvalue weighted by atomic mass is 9.88. The summed E-state index contributed by atoms with van der Waals surface area (Å²) in [5.41, 5.74) is -1.13. The van der Waals surface area contributed by atoms with Crippen molar-refractivity contribution in [1.82, 2.24) is 10.6 Å². The van der Waals surface area contributed by atoms with Crippen LogP contribution in [0.25, 0.3) is 0 Å². The summed E-state index contributed by atoms with van der Waals surface area (Å²) < 4.78 is 36.5. The number of aliphatic imine (C=N–C) groups is 1. The maximum Gasteiger partial charge on any atom is 0.196 e. The molecule has 1 rings (SSSR count). The Morgan fingerprint density at radius 3 is 2.63 bits per heavy atom. The molecular formula is C11H19ClFN3O2S. The van der Waals surface area contributed by atoms with Gasteiger partial charge >= 0.3 is 0 Å². The standard InChI is InChI=1S/C11H19ClFN3O2S/c1-11(2,3)8(6-19(4,17)18)15-9-7(13)5-14-10(12)16-9/h5,8,10,15-16H,6H2,1-4H3/t8-,10?/m1/s1. The van der Waals surface area contributed by atoms with Gasteiger partial charge in [-0.1, -0.05) is 32.4 Å². The van der Waals surface area contributed by atoms with Crippen molar-refractivity contribution in [1.29, 1.82) is 0 Å². The normalized spacial score (nSPS) is 22.1. The highest BCUT2D eigenvalue weighted by molar-refractivity contribution is 7.90. The third kappa shape index (κ3) is 5.36. The summed E-state index contributed by atoms with van der Waals surface area (Å²) in [4.78, 5) is 3.64. The van der Waals surface area contributed by atoms with Crippen LogP contribution >= 0.6 is 11.6 Å². The molecule has 19 heavy (non-hydrogen) atoms. The SMILES string of the molecule is CC(C)(C)[C@@H](CS(C)(=O)=O)NC1=C(F)C=NC(Cl)N1. The molecule has 0 saturated carbocycles. The molecule has 0 aromatic heterocycles. The van der Waals surface area contributed by atoms with Crippen LogP contribution in [0.15, 0.2) is 16.6 Å². The molecule has 0 radical (unpaired) electrons. The van der Waals surface area contributed by atoms with Crippen molar-refractivity contribution >= 4 is 27.7 Å². The summed E-state index contributed by atoms with van der Waals surface area (Å²) >= 11 is 5.74. The van der Waals surface area contributed by atoms with E-state index in [1.807, 2.05) is 20.8 Å². The molecule has 110 valence electrons. The van der Waals surface area contributed by atoms with Crippen LogP contribution in [0, 0.1) is 5.41 Å². The molecule has 2 N–H and O–H groups in total. The van der Waals surface area contributed by atoms with Gasteiger partial charge in [-0.2, -0.15) is 0 Å². The van der Waals surface area contributed by atoms with Gasteiger partial charge in [-0.25, -0.2) is 17.8 Å². The van der Waals surface area contributed by atoms with E-state index in [9.17, 15) is 12.8 Å². The zero-order valence-electron chi connectivity index (χ0n) is 11.4. The van der Waals surface area contributed by atoms with Crippen LogP contribution in [0.2, 0.25) is 0 Å². The fourth-order valence-corrected chi connectivity index (χ4v) is 2.87. The smallest absolute Gasteiger partial charge is 0.196 e. The average Bonchev–Trinajstić information content (AvgIpc) is 2.19. The van der Waals surface area contributed by atoms with Crippen LogP contribution in [0.4, 0.5) is 4.39 Å². The lowest BCUT2D eigenvalue weighted by molar-refractivity contribution is 0.296. The van der Waals surface area contributed by atoms with Crippen LogP contribution in [-0.4, -0.2) is 38.3 Å². The molecule has 1 aliphatic heterocycles. The van der Waals surface area contributed by atoms with E-state index in [2.05, 4.69) is 15.6 Å². The Balaban J connectivity index is 2.93. The molecule has 1 heterocycles. The zero-order valence-corrected chi connectivity index (χ0v) is 12.9. The van der Waals surface area contributed by atoms with E-state index in [0.717, 1.165) is 12.5 Å². The molecule has 8 heteroatoms. The number of allylic oxidation sites excluding steroid dienone is 1. The van der Waals surface area contributed by atoms with Gasteiger partial charge < -0.3 is 10.6 Å². The van der Waals surface area contributed by atoms with Crippen LogP contribution in [0.1, 0.15) is 20.8 Å². The fourth-order valence-electron chi connectivity index (χ4n) is 1.52. The fraction of sp³-hybridized carbons (Fsp3) is 0.727. The molecule has 0 aromatic carbocycles. The first kappa shape index (κ1) is 16.2. The molecule has 0 bridgehead atoms. The number of sulfone groups is 1. The van der Waals surface area contributed by atoms with Gasteiger partial charge in [0.25, 0.3) is 0 Å². The summed E-state index contributed by atoms with van der Waals surface area (Å²) in [6.45, 7) is 5.64. The Morgan fingerprint density at radius 1 is 1.58 bits per heavy atom. The van der Waals surface area contributed by atoms with Gasteiger partial charge in [-0.3, -0.25) is 0 Å². The number of nitrogens with one attached hydrogen (secondary N) is 2. The van der Waals surface area contributed by atoms with Gasteiger partial charge in [0.1, 0.15) is 15.7 Å². The van der Waals surface area contributed by atoms with Gasteiger partial charge in [0.05, 0.1) is 12.0 Å². The summed E-state index contributed by atoms with van der Waals surface area (Å²) in [5, 5.41) is 5.49. The quantitative estimate of drug-likeness (QED) is 0.608. The van der Waals surface area contributed by atoms with E-state index in [-0.39, 0.29) is 17.0 Å². The van der Waals surface area contributed by atoms with Crippen molar-refractivity contribution in [3.8, 4) is 0 Å². The predicted octanol–water partition coefficient (Wildman–Crippen LogP) is 1.37. The molecule has 0 spiro atoms. The van der Waals surface area contributed by atoms with Crippen molar-refractivity contribution in [2.75, 3.05) is 12.0 Å².